The molecule has 0 saturated heterocycles. The van der Waals surface area contributed by atoms with Gasteiger partial charge < -0.3 is 10.6 Å². The number of halogens is 1. The Kier molecular flexibility index (Phi) is 5.06. The largest absolute Gasteiger partial charge is 0.320 e. The Bertz CT molecular complexity index is 583. The topological polar surface area (TPSA) is 46.3 Å². The number of likely N-dealkylation sites (N-methyl/N-ethyl adjacent to an activating group) is 1. The highest BCUT2D eigenvalue weighted by Gasteiger charge is 2.19. The van der Waals surface area contributed by atoms with Gasteiger partial charge in [0.15, 0.2) is 0 Å². The van der Waals surface area contributed by atoms with Gasteiger partial charge in [-0.15, -0.1) is 0 Å². The van der Waals surface area contributed by atoms with E-state index in [1.165, 1.54) is 17.0 Å². The van der Waals surface area contributed by atoms with Crippen LogP contribution >= 0.6 is 0 Å². The van der Waals surface area contributed by atoms with Crippen molar-refractivity contribution in [1.29, 1.82) is 0 Å². The summed E-state index contributed by atoms with van der Waals surface area (Å²) in [5, 5.41) is 0. The van der Waals surface area contributed by atoms with Crippen molar-refractivity contribution in [1.82, 2.24) is 0 Å². The molecule has 2 rings (SSSR count). The van der Waals surface area contributed by atoms with E-state index in [1.54, 1.807) is 19.2 Å². The number of anilines is 1. The third-order valence-corrected chi connectivity index (χ3v) is 3.45. The van der Waals surface area contributed by atoms with Crippen molar-refractivity contribution in [2.75, 3.05) is 11.9 Å². The predicted octanol–water partition coefficient (Wildman–Crippen LogP) is 2.75. The second-order valence-corrected chi connectivity index (χ2v) is 5.00. The molecular formula is C17H19FN2O. The summed E-state index contributed by atoms with van der Waals surface area (Å²) in [7, 11) is 1.65. The first-order valence-corrected chi connectivity index (χ1v) is 6.90. The Balaban J connectivity index is 1.94. The summed E-state index contributed by atoms with van der Waals surface area (Å²) in [6.45, 7) is 0. The molecule has 0 saturated carbocycles. The molecule has 0 aliphatic rings. The number of carbonyl (C=O) groups excluding carboxylic acids is 1. The molecule has 1 amide bonds. The standard InChI is InChI=1S/C17H19FN2O/c1-20(15-10-8-14(18)9-11-15)17(21)16(19)12-7-13-5-3-2-4-6-13/h2-6,8-11,16H,7,12,19H2,1H3. The molecule has 21 heavy (non-hydrogen) atoms. The summed E-state index contributed by atoms with van der Waals surface area (Å²) in [5.41, 5.74) is 7.76. The Morgan fingerprint density at radius 2 is 1.76 bits per heavy atom. The molecule has 2 aromatic carbocycles. The van der Waals surface area contributed by atoms with E-state index in [2.05, 4.69) is 0 Å². The number of nitrogens with zero attached hydrogens (tertiary/aromatic N) is 1. The molecule has 0 radical (unpaired) electrons. The highest BCUT2D eigenvalue weighted by Crippen LogP contribution is 2.15. The molecule has 0 bridgehead atoms. The highest BCUT2D eigenvalue weighted by atomic mass is 19.1. The molecule has 3 nitrogen and oxygen atoms in total. The first kappa shape index (κ1) is 15.2. The fraction of sp³-hybridized carbons (Fsp3) is 0.235. The van der Waals surface area contributed by atoms with E-state index in [4.69, 9.17) is 5.73 Å². The van der Waals surface area contributed by atoms with Crippen molar-refractivity contribution < 1.29 is 9.18 Å². The van der Waals surface area contributed by atoms with Crippen LogP contribution in [0.5, 0.6) is 0 Å². The number of carbonyl (C=O) groups is 1. The lowest BCUT2D eigenvalue weighted by atomic mass is 10.0. The summed E-state index contributed by atoms with van der Waals surface area (Å²) in [6.07, 6.45) is 1.33. The van der Waals surface area contributed by atoms with E-state index in [-0.39, 0.29) is 11.7 Å². The van der Waals surface area contributed by atoms with Crippen molar-refractivity contribution in [3.05, 3.63) is 66.0 Å². The third kappa shape index (κ3) is 4.13. The number of benzene rings is 2. The van der Waals surface area contributed by atoms with Gasteiger partial charge in [-0.2, -0.15) is 0 Å². The smallest absolute Gasteiger partial charge is 0.243 e. The van der Waals surface area contributed by atoms with Crippen molar-refractivity contribution >= 4 is 11.6 Å². The maximum Gasteiger partial charge on any atom is 0.243 e. The minimum atomic E-state index is -0.569. The van der Waals surface area contributed by atoms with Crippen LogP contribution in [0.2, 0.25) is 0 Å². The van der Waals surface area contributed by atoms with Crippen LogP contribution in [0.25, 0.3) is 0 Å². The van der Waals surface area contributed by atoms with E-state index in [0.29, 0.717) is 12.1 Å². The van der Waals surface area contributed by atoms with Gasteiger partial charge in [-0.3, -0.25) is 4.79 Å². The maximum atomic E-state index is 12.9. The van der Waals surface area contributed by atoms with Gasteiger partial charge in [0.05, 0.1) is 6.04 Å². The number of aryl methyl sites for hydroxylation is 1. The van der Waals surface area contributed by atoms with E-state index in [1.807, 2.05) is 30.3 Å². The summed E-state index contributed by atoms with van der Waals surface area (Å²) in [6, 6.07) is 15.1. The van der Waals surface area contributed by atoms with Crippen LogP contribution in [0, 0.1) is 5.82 Å². The quantitative estimate of drug-likeness (QED) is 0.918. The zero-order valence-electron chi connectivity index (χ0n) is 12.0. The second-order valence-electron chi connectivity index (χ2n) is 5.00. The molecule has 1 atom stereocenters. The van der Waals surface area contributed by atoms with Gasteiger partial charge in [0.1, 0.15) is 5.82 Å². The zero-order chi connectivity index (χ0) is 15.2. The number of rotatable bonds is 5. The van der Waals surface area contributed by atoms with Gasteiger partial charge in [0.2, 0.25) is 5.91 Å². The van der Waals surface area contributed by atoms with Crippen LogP contribution in [0.1, 0.15) is 12.0 Å². The zero-order valence-corrected chi connectivity index (χ0v) is 12.0. The van der Waals surface area contributed by atoms with Gasteiger partial charge in [0, 0.05) is 12.7 Å². The van der Waals surface area contributed by atoms with Gasteiger partial charge in [-0.1, -0.05) is 30.3 Å². The molecule has 4 heteroatoms. The minimum absolute atomic E-state index is 0.169. The molecule has 0 spiro atoms. The van der Waals surface area contributed by atoms with E-state index >= 15 is 0 Å². The molecule has 0 fully saturated rings. The van der Waals surface area contributed by atoms with Crippen LogP contribution in [-0.4, -0.2) is 19.0 Å². The predicted molar refractivity (Wildman–Crippen MR) is 82.5 cm³/mol. The van der Waals surface area contributed by atoms with Crippen LogP contribution in [0.15, 0.2) is 54.6 Å². The lowest BCUT2D eigenvalue weighted by Crippen LogP contribution is -2.42. The Labute approximate surface area is 124 Å². The lowest BCUT2D eigenvalue weighted by molar-refractivity contribution is -0.119. The molecule has 0 aliphatic heterocycles. The van der Waals surface area contributed by atoms with Gasteiger partial charge in [-0.25, -0.2) is 4.39 Å². The van der Waals surface area contributed by atoms with Crippen LogP contribution in [-0.2, 0) is 11.2 Å². The lowest BCUT2D eigenvalue weighted by Gasteiger charge is -2.21. The van der Waals surface area contributed by atoms with Crippen molar-refractivity contribution in [3.63, 3.8) is 0 Å². The van der Waals surface area contributed by atoms with Gasteiger partial charge in [-0.05, 0) is 42.7 Å². The number of hydrogen-bond donors (Lipinski definition) is 1. The molecule has 2 N–H and O–H groups in total. The highest BCUT2D eigenvalue weighted by molar-refractivity contribution is 5.96. The Morgan fingerprint density at radius 1 is 1.14 bits per heavy atom. The SMILES string of the molecule is CN(C(=O)C(N)CCc1ccccc1)c1ccc(F)cc1. The van der Waals surface area contributed by atoms with Crippen LogP contribution in [0.3, 0.4) is 0 Å². The molecule has 1 unspecified atom stereocenters. The normalized spacial score (nSPS) is 12.0. The number of amides is 1. The first-order chi connectivity index (χ1) is 10.1. The molecular weight excluding hydrogens is 267 g/mol. The summed E-state index contributed by atoms with van der Waals surface area (Å²) in [5.74, 6) is -0.495. The summed E-state index contributed by atoms with van der Waals surface area (Å²) < 4.78 is 12.9. The van der Waals surface area contributed by atoms with E-state index in [0.717, 1.165) is 12.0 Å². The number of nitrogens with two attached hydrogens (primary N) is 1. The Morgan fingerprint density at radius 3 is 2.38 bits per heavy atom. The fourth-order valence-electron chi connectivity index (χ4n) is 2.13. The van der Waals surface area contributed by atoms with Gasteiger partial charge >= 0.3 is 0 Å². The molecule has 110 valence electrons. The average Bonchev–Trinajstić information content (AvgIpc) is 2.53. The van der Waals surface area contributed by atoms with Crippen molar-refractivity contribution in [2.24, 2.45) is 5.73 Å². The van der Waals surface area contributed by atoms with E-state index < -0.39 is 6.04 Å². The monoisotopic (exact) mass is 286 g/mol. The maximum absolute atomic E-state index is 12.9. The first-order valence-electron chi connectivity index (χ1n) is 6.90. The molecule has 0 heterocycles. The second kappa shape index (κ2) is 6.99. The van der Waals surface area contributed by atoms with Crippen molar-refractivity contribution in [2.45, 2.75) is 18.9 Å². The van der Waals surface area contributed by atoms with Crippen molar-refractivity contribution in [3.8, 4) is 0 Å². The fourth-order valence-corrected chi connectivity index (χ4v) is 2.13. The third-order valence-electron chi connectivity index (χ3n) is 3.45. The molecule has 2 aromatic rings. The average molecular weight is 286 g/mol. The van der Waals surface area contributed by atoms with Gasteiger partial charge in [0.25, 0.3) is 0 Å². The van der Waals surface area contributed by atoms with Crippen LogP contribution < -0.4 is 10.6 Å². The molecule has 0 aliphatic carbocycles. The number of hydrogen-bond acceptors (Lipinski definition) is 2. The summed E-state index contributed by atoms with van der Waals surface area (Å²) in [4.78, 5) is 13.7. The Hall–Kier alpha value is -2.20. The summed E-state index contributed by atoms with van der Waals surface area (Å²) >= 11 is 0. The van der Waals surface area contributed by atoms with Crippen LogP contribution in [0.4, 0.5) is 10.1 Å². The van der Waals surface area contributed by atoms with E-state index in [9.17, 15) is 9.18 Å². The minimum Gasteiger partial charge on any atom is -0.320 e. The molecule has 0 aromatic heterocycles.